The van der Waals surface area contributed by atoms with Crippen molar-refractivity contribution >= 4 is 58.2 Å². The first-order chi connectivity index (χ1) is 3.41. The number of hydrogen-bond donors (Lipinski definition) is 0. The summed E-state index contributed by atoms with van der Waals surface area (Å²) < 4.78 is 3.19. The van der Waals surface area contributed by atoms with Gasteiger partial charge in [0.15, 0.2) is 0 Å². The zero-order valence-electron chi connectivity index (χ0n) is 2.82. The second kappa shape index (κ2) is 48.1. The molecule has 0 atom stereocenters. The van der Waals surface area contributed by atoms with Gasteiger partial charge in [0.1, 0.15) is 0 Å². The zero-order valence-corrected chi connectivity index (χ0v) is 10.9. The van der Waals surface area contributed by atoms with Crippen LogP contribution in [0.25, 0.3) is 0 Å². The van der Waals surface area contributed by atoms with Crippen LogP contribution in [-0.2, 0) is 47.9 Å². The van der Waals surface area contributed by atoms with Crippen molar-refractivity contribution in [1.82, 2.24) is 0 Å². The van der Waals surface area contributed by atoms with E-state index in [0.29, 0.717) is 0 Å². The zero-order chi connectivity index (χ0) is 6.71. The minimum atomic E-state index is 0. The summed E-state index contributed by atoms with van der Waals surface area (Å²) in [4.78, 5) is 0. The van der Waals surface area contributed by atoms with Gasteiger partial charge in [-0.05, 0) is 0 Å². The van der Waals surface area contributed by atoms with Crippen LogP contribution < -0.4 is 0 Å². The van der Waals surface area contributed by atoms with Crippen LogP contribution in [0.1, 0.15) is 0 Å². The molecule has 0 spiro atoms. The predicted octanol–water partition coefficient (Wildman–Crippen LogP) is 3.03. The molecule has 0 aromatic heterocycles. The number of rotatable bonds is 0. The van der Waals surface area contributed by atoms with Crippen LogP contribution >= 0.6 is 58.2 Å². The van der Waals surface area contributed by atoms with E-state index in [1.54, 1.807) is 20.3 Å². The molecule has 8 heteroatoms. The molecule has 65 valence electrons. The Hall–Kier alpha value is 3.31. The molecule has 8 heavy (non-hydrogen) atoms. The van der Waals surface area contributed by atoms with Gasteiger partial charge in [-0.15, -0.1) is 0 Å². The molecule has 0 saturated heterocycles. The van der Waals surface area contributed by atoms with Gasteiger partial charge in [0.2, 0.25) is 0 Å². The van der Waals surface area contributed by atoms with Crippen molar-refractivity contribution in [3.8, 4) is 0 Å². The van der Waals surface area contributed by atoms with E-state index in [1.807, 2.05) is 0 Å². The van der Waals surface area contributed by atoms with Crippen molar-refractivity contribution in [1.29, 1.82) is 0 Å². The van der Waals surface area contributed by atoms with Crippen molar-refractivity contribution in [3.63, 3.8) is 0 Å². The summed E-state index contributed by atoms with van der Waals surface area (Å²) in [5.41, 5.74) is 0. The van der Waals surface area contributed by atoms with Gasteiger partial charge in [0, 0.05) is 0 Å². The molecular weight excluding hydrogens is 484 g/mol. The van der Waals surface area contributed by atoms with Crippen LogP contribution in [0.15, 0.2) is 0 Å². The fourth-order valence-electron chi connectivity index (χ4n) is 0. The SMILES string of the molecule is ClOCl.[Cu+2].[Cu][Br].[Cu][I]. The molecule has 0 aliphatic heterocycles. The third-order valence-corrected chi connectivity index (χ3v) is 0. The fourth-order valence-corrected chi connectivity index (χ4v) is 0. The van der Waals surface area contributed by atoms with E-state index in [9.17, 15) is 0 Å². The van der Waals surface area contributed by atoms with Crippen molar-refractivity contribution < 1.29 is 47.9 Å². The molecule has 0 aliphatic rings. The van der Waals surface area contributed by atoms with Gasteiger partial charge >= 0.3 is 78.5 Å². The number of halogens is 4. The van der Waals surface area contributed by atoms with Crippen molar-refractivity contribution in [2.45, 2.75) is 0 Å². The third-order valence-electron chi connectivity index (χ3n) is 0. The summed E-state index contributed by atoms with van der Waals surface area (Å²) in [6.45, 7) is 0. The Kier molecular flexibility index (Phi) is 135. The standard InChI is InChI=1S/BrH.Cl2O.3Cu.HI/c;1-3-2;;;;/h1H;;;;;1H/q;;2*+1;+2;/p-2. The first-order valence-electron chi connectivity index (χ1n) is 0.537. The Morgan fingerprint density at radius 2 is 1.25 bits per heavy atom. The molecule has 0 saturated carbocycles. The van der Waals surface area contributed by atoms with Crippen LogP contribution in [-0.4, -0.2) is 0 Å². The third kappa shape index (κ3) is 58.7. The van der Waals surface area contributed by atoms with E-state index in [0.717, 1.165) is 0 Å². The average molecular weight is 484 g/mol. The van der Waals surface area contributed by atoms with Crippen molar-refractivity contribution in [2.75, 3.05) is 0 Å². The van der Waals surface area contributed by atoms with Gasteiger partial charge in [0.25, 0.3) is 0 Å². The van der Waals surface area contributed by atoms with Gasteiger partial charge in [0.05, 0.1) is 23.7 Å². The summed E-state index contributed by atoms with van der Waals surface area (Å²) in [6, 6.07) is 0. The van der Waals surface area contributed by atoms with E-state index >= 15 is 0 Å². The maximum atomic E-state index is 4.26. The summed E-state index contributed by atoms with van der Waals surface area (Å²) in [6.07, 6.45) is 0. The fraction of sp³-hybridized carbons (Fsp3) is 0. The van der Waals surface area contributed by atoms with Crippen molar-refractivity contribution in [2.24, 2.45) is 0 Å². The van der Waals surface area contributed by atoms with Gasteiger partial charge in [-0.1, -0.05) is 0 Å². The second-order valence-electron chi connectivity index (χ2n) is 0.0583. The van der Waals surface area contributed by atoms with Crippen LogP contribution in [0.4, 0.5) is 0 Å². The summed E-state index contributed by atoms with van der Waals surface area (Å²) in [7, 11) is 0. The Bertz CT molecular complexity index is 17.2. The van der Waals surface area contributed by atoms with E-state index in [1.165, 1.54) is 0 Å². The minimum absolute atomic E-state index is 0. The Morgan fingerprint density at radius 1 is 1.25 bits per heavy atom. The van der Waals surface area contributed by atoms with Gasteiger partial charge in [-0.25, -0.2) is 0 Å². The number of hydrogen-bond acceptors (Lipinski definition) is 1. The van der Waals surface area contributed by atoms with E-state index in [4.69, 9.17) is 0 Å². The Balaban J connectivity index is -0.0000000147. The predicted molar refractivity (Wildman–Crippen MR) is 35.7 cm³/mol. The van der Waals surface area contributed by atoms with E-state index in [2.05, 4.69) is 68.7 Å². The molecule has 1 nitrogen and oxygen atoms in total. The first kappa shape index (κ1) is 22.5. The summed E-state index contributed by atoms with van der Waals surface area (Å²) in [5.74, 6) is 0. The molecule has 0 unspecified atom stereocenters. The molecular formula is BrCl2Cu3IO+2. The topological polar surface area (TPSA) is 9.23 Å². The molecule has 0 N–H and O–H groups in total. The van der Waals surface area contributed by atoms with Crippen LogP contribution in [0.3, 0.4) is 0 Å². The van der Waals surface area contributed by atoms with E-state index in [-0.39, 0.29) is 17.1 Å². The van der Waals surface area contributed by atoms with E-state index < -0.39 is 0 Å². The molecule has 0 aromatic rings. The molecule has 0 rings (SSSR count). The molecule has 0 heterocycles. The van der Waals surface area contributed by atoms with Gasteiger partial charge in [-0.2, -0.15) is 3.84 Å². The quantitative estimate of drug-likeness (QED) is 0.380. The summed E-state index contributed by atoms with van der Waals surface area (Å²) >= 11 is 20.9. The van der Waals surface area contributed by atoms with Gasteiger partial charge in [-0.3, -0.25) is 0 Å². The molecule has 0 aromatic carbocycles. The van der Waals surface area contributed by atoms with Crippen molar-refractivity contribution in [3.05, 3.63) is 0 Å². The Labute approximate surface area is 104 Å². The average Bonchev–Trinajstić information content (AvgIpc) is 1.78. The molecule has 0 fully saturated rings. The van der Waals surface area contributed by atoms with Crippen LogP contribution in [0.5, 0.6) is 0 Å². The van der Waals surface area contributed by atoms with Crippen LogP contribution in [0, 0.1) is 0 Å². The molecule has 0 bridgehead atoms. The maximum absolute atomic E-state index is 4.26. The van der Waals surface area contributed by atoms with Crippen LogP contribution in [0.2, 0.25) is 0 Å². The monoisotopic (exact) mass is 481 g/mol. The molecule has 1 radical (unpaired) electrons. The second-order valence-corrected chi connectivity index (χ2v) is 0.525. The summed E-state index contributed by atoms with van der Waals surface area (Å²) in [5, 5.41) is 0. The Morgan fingerprint density at radius 3 is 1.25 bits per heavy atom. The normalized spacial score (nSPS) is 4.00. The van der Waals surface area contributed by atoms with Gasteiger partial charge < -0.3 is 0 Å². The molecule has 0 amide bonds. The first-order valence-corrected chi connectivity index (χ1v) is 6.52. The molecule has 0 aliphatic carbocycles.